The van der Waals surface area contributed by atoms with Gasteiger partial charge in [0.2, 0.25) is 5.82 Å². The van der Waals surface area contributed by atoms with Crippen molar-refractivity contribution in [3.05, 3.63) is 64.7 Å². The van der Waals surface area contributed by atoms with Crippen molar-refractivity contribution in [2.24, 2.45) is 0 Å². The molecule has 0 saturated heterocycles. The fourth-order valence-electron chi connectivity index (χ4n) is 1.48. The molecule has 0 aliphatic carbocycles. The van der Waals surface area contributed by atoms with Crippen molar-refractivity contribution >= 4 is 17.4 Å². The standard InChI is InChI=1S/C14H9ClF2O2/c15-10-4-1-3-9(7-10)12(18)8-19-13-6-2-5-11(16)14(13)17/h1-7H,8H2. The molecule has 0 amide bonds. The van der Waals surface area contributed by atoms with Gasteiger partial charge in [0.25, 0.3) is 0 Å². The molecule has 0 N–H and O–H groups in total. The van der Waals surface area contributed by atoms with Crippen molar-refractivity contribution in [3.8, 4) is 5.75 Å². The Morgan fingerprint density at radius 2 is 1.89 bits per heavy atom. The summed E-state index contributed by atoms with van der Waals surface area (Å²) < 4.78 is 31.2. The van der Waals surface area contributed by atoms with E-state index in [1.54, 1.807) is 18.2 Å². The summed E-state index contributed by atoms with van der Waals surface area (Å²) in [5.41, 5.74) is 0.351. The Bertz CT molecular complexity index is 614. The first-order chi connectivity index (χ1) is 9.08. The summed E-state index contributed by atoms with van der Waals surface area (Å²) in [6.07, 6.45) is 0. The average molecular weight is 283 g/mol. The molecule has 2 aromatic rings. The number of benzene rings is 2. The molecule has 2 aromatic carbocycles. The Kier molecular flexibility index (Phi) is 4.12. The molecule has 0 bridgehead atoms. The van der Waals surface area contributed by atoms with Crippen LogP contribution in [0.25, 0.3) is 0 Å². The van der Waals surface area contributed by atoms with Gasteiger partial charge in [0.1, 0.15) is 0 Å². The zero-order valence-electron chi connectivity index (χ0n) is 9.70. The van der Waals surface area contributed by atoms with Gasteiger partial charge in [-0.1, -0.05) is 29.8 Å². The average Bonchev–Trinajstić information content (AvgIpc) is 2.40. The van der Waals surface area contributed by atoms with Gasteiger partial charge >= 0.3 is 0 Å². The zero-order valence-corrected chi connectivity index (χ0v) is 10.5. The summed E-state index contributed by atoms with van der Waals surface area (Å²) in [6, 6.07) is 9.83. The molecule has 19 heavy (non-hydrogen) atoms. The van der Waals surface area contributed by atoms with Gasteiger partial charge in [-0.15, -0.1) is 0 Å². The maximum Gasteiger partial charge on any atom is 0.200 e. The summed E-state index contributed by atoms with van der Waals surface area (Å²) in [6.45, 7) is -0.388. The van der Waals surface area contributed by atoms with Crippen LogP contribution in [0.2, 0.25) is 5.02 Å². The van der Waals surface area contributed by atoms with Crippen LogP contribution in [0.15, 0.2) is 42.5 Å². The molecule has 0 heterocycles. The normalized spacial score (nSPS) is 10.3. The number of rotatable bonds is 4. The Morgan fingerprint density at radius 3 is 2.63 bits per heavy atom. The van der Waals surface area contributed by atoms with Crippen molar-refractivity contribution in [1.29, 1.82) is 0 Å². The highest BCUT2D eigenvalue weighted by atomic mass is 35.5. The molecule has 0 fully saturated rings. The van der Waals surface area contributed by atoms with E-state index in [0.717, 1.165) is 6.07 Å². The molecule has 0 spiro atoms. The van der Waals surface area contributed by atoms with Gasteiger partial charge in [0.05, 0.1) is 0 Å². The molecule has 0 unspecified atom stereocenters. The van der Waals surface area contributed by atoms with Crippen molar-refractivity contribution in [1.82, 2.24) is 0 Å². The fourth-order valence-corrected chi connectivity index (χ4v) is 1.67. The number of carbonyl (C=O) groups is 1. The van der Waals surface area contributed by atoms with Crippen molar-refractivity contribution in [3.63, 3.8) is 0 Å². The Balaban J connectivity index is 2.07. The third kappa shape index (κ3) is 3.29. The molecule has 0 aliphatic heterocycles. The third-order valence-corrected chi connectivity index (χ3v) is 2.66. The van der Waals surface area contributed by atoms with Crippen LogP contribution in [0.4, 0.5) is 8.78 Å². The van der Waals surface area contributed by atoms with E-state index >= 15 is 0 Å². The lowest BCUT2D eigenvalue weighted by atomic mass is 10.1. The van der Waals surface area contributed by atoms with Gasteiger partial charge in [-0.3, -0.25) is 4.79 Å². The maximum absolute atomic E-state index is 13.3. The van der Waals surface area contributed by atoms with Crippen LogP contribution in [0.5, 0.6) is 5.75 Å². The molecule has 0 aromatic heterocycles. The SMILES string of the molecule is O=C(COc1cccc(F)c1F)c1cccc(Cl)c1. The molecule has 0 atom stereocenters. The Morgan fingerprint density at radius 1 is 1.16 bits per heavy atom. The predicted molar refractivity (Wildman–Crippen MR) is 67.6 cm³/mol. The van der Waals surface area contributed by atoms with Crippen LogP contribution in [0, 0.1) is 11.6 Å². The predicted octanol–water partition coefficient (Wildman–Crippen LogP) is 3.88. The van der Waals surface area contributed by atoms with Crippen LogP contribution >= 0.6 is 11.6 Å². The van der Waals surface area contributed by atoms with E-state index in [-0.39, 0.29) is 18.1 Å². The quantitative estimate of drug-likeness (QED) is 0.796. The van der Waals surface area contributed by atoms with Gasteiger partial charge in [-0.2, -0.15) is 4.39 Å². The van der Waals surface area contributed by atoms with Crippen molar-refractivity contribution in [2.75, 3.05) is 6.61 Å². The van der Waals surface area contributed by atoms with Crippen LogP contribution < -0.4 is 4.74 Å². The molecule has 2 nitrogen and oxygen atoms in total. The lowest BCUT2D eigenvalue weighted by Gasteiger charge is -2.07. The zero-order chi connectivity index (χ0) is 13.8. The van der Waals surface area contributed by atoms with Crippen LogP contribution in [0.3, 0.4) is 0 Å². The molecular weight excluding hydrogens is 274 g/mol. The van der Waals surface area contributed by atoms with Crippen molar-refractivity contribution < 1.29 is 18.3 Å². The van der Waals surface area contributed by atoms with E-state index in [1.807, 2.05) is 0 Å². The minimum Gasteiger partial charge on any atom is -0.482 e. The van der Waals surface area contributed by atoms with Gasteiger partial charge < -0.3 is 4.74 Å². The van der Waals surface area contributed by atoms with Gasteiger partial charge in [-0.05, 0) is 24.3 Å². The number of Topliss-reactive ketones (excluding diaryl/α,β-unsaturated/α-hetero) is 1. The van der Waals surface area contributed by atoms with E-state index in [4.69, 9.17) is 16.3 Å². The maximum atomic E-state index is 13.3. The van der Waals surface area contributed by atoms with E-state index in [2.05, 4.69) is 0 Å². The smallest absolute Gasteiger partial charge is 0.200 e. The van der Waals surface area contributed by atoms with Crippen LogP contribution in [-0.4, -0.2) is 12.4 Å². The fraction of sp³-hybridized carbons (Fsp3) is 0.0714. The van der Waals surface area contributed by atoms with E-state index in [0.29, 0.717) is 10.6 Å². The Hall–Kier alpha value is -1.94. The summed E-state index contributed by atoms with van der Waals surface area (Å²) in [5.74, 6) is -2.80. The largest absolute Gasteiger partial charge is 0.482 e. The number of hydrogen-bond acceptors (Lipinski definition) is 2. The first-order valence-electron chi connectivity index (χ1n) is 5.43. The lowest BCUT2D eigenvalue weighted by Crippen LogP contribution is -2.12. The summed E-state index contributed by atoms with van der Waals surface area (Å²) in [5, 5.41) is 0.419. The van der Waals surface area contributed by atoms with Crippen LogP contribution in [0.1, 0.15) is 10.4 Å². The van der Waals surface area contributed by atoms with Crippen LogP contribution in [-0.2, 0) is 0 Å². The second kappa shape index (κ2) is 5.80. The number of ketones is 1. The van der Waals surface area contributed by atoms with Gasteiger partial charge in [0, 0.05) is 10.6 Å². The molecule has 0 aliphatic rings. The first-order valence-corrected chi connectivity index (χ1v) is 5.81. The summed E-state index contributed by atoms with van der Waals surface area (Å²) in [4.78, 5) is 11.8. The van der Waals surface area contributed by atoms with Gasteiger partial charge in [0.15, 0.2) is 24.0 Å². The number of hydrogen-bond donors (Lipinski definition) is 0. The minimum atomic E-state index is -1.11. The first kappa shape index (κ1) is 13.5. The number of ether oxygens (including phenoxy) is 1. The monoisotopic (exact) mass is 282 g/mol. The summed E-state index contributed by atoms with van der Waals surface area (Å²) >= 11 is 5.75. The number of halogens is 3. The molecular formula is C14H9ClF2O2. The second-order valence-electron chi connectivity index (χ2n) is 3.77. The summed E-state index contributed by atoms with van der Waals surface area (Å²) in [7, 11) is 0. The number of carbonyl (C=O) groups excluding carboxylic acids is 1. The highest BCUT2D eigenvalue weighted by Gasteiger charge is 2.12. The van der Waals surface area contributed by atoms with E-state index in [9.17, 15) is 13.6 Å². The van der Waals surface area contributed by atoms with E-state index in [1.165, 1.54) is 18.2 Å². The second-order valence-corrected chi connectivity index (χ2v) is 4.21. The molecule has 2 rings (SSSR count). The molecule has 0 radical (unpaired) electrons. The third-order valence-electron chi connectivity index (χ3n) is 2.42. The topological polar surface area (TPSA) is 26.3 Å². The lowest BCUT2D eigenvalue weighted by molar-refractivity contribution is 0.0918. The molecule has 0 saturated carbocycles. The minimum absolute atomic E-state index is 0.296. The highest BCUT2D eigenvalue weighted by molar-refractivity contribution is 6.31. The Labute approximate surface area is 113 Å². The van der Waals surface area contributed by atoms with E-state index < -0.39 is 11.6 Å². The van der Waals surface area contributed by atoms with Crippen molar-refractivity contribution in [2.45, 2.75) is 0 Å². The highest BCUT2D eigenvalue weighted by Crippen LogP contribution is 2.19. The molecule has 98 valence electrons. The van der Waals surface area contributed by atoms with Gasteiger partial charge in [-0.25, -0.2) is 4.39 Å². The molecule has 5 heteroatoms.